The highest BCUT2D eigenvalue weighted by Crippen LogP contribution is 2.36. The molecule has 0 radical (unpaired) electrons. The molecule has 53 heavy (non-hydrogen) atoms. The van der Waals surface area contributed by atoms with Crippen molar-refractivity contribution in [3.63, 3.8) is 0 Å². The standard InChI is InChI=1S/C36H51N5O11S/c1-36(2,14-8-15-37-32(43)19-38-34(44)40(3)4)22-41(53(46,47)25-11-12-29-30(18-25)51-23-50-29)20-28(42)27(17-24-9-6-5-7-10-24)39-35(45)52-31-21-49-33-26(31)13-16-48-33/h5-7,9-12,18,26-28,31,33,42H,8,13-17,19-23H2,1-4H3,(H,37,43)(H,38,44)(H,39,45)/t26-,27-,28+,31-,33+/m0/s1. The Morgan fingerprint density at radius 2 is 1.79 bits per heavy atom. The SMILES string of the molecule is CN(C)C(=O)NCC(=O)NCCCC(C)(C)CN(C[C@@H](O)[C@H](Cc1ccccc1)NC(=O)O[C@H]1CO[C@H]2OCC[C@H]21)S(=O)(=O)c1ccc2c(c1)OCO2. The maximum atomic E-state index is 14.4. The first-order valence-electron chi connectivity index (χ1n) is 17.8. The predicted molar refractivity (Wildman–Crippen MR) is 192 cm³/mol. The summed E-state index contributed by atoms with van der Waals surface area (Å²) in [6.45, 7) is 4.27. The van der Waals surface area contributed by atoms with Gasteiger partial charge in [0.25, 0.3) is 0 Å². The molecule has 4 amide bonds. The van der Waals surface area contributed by atoms with Gasteiger partial charge in [0, 0.05) is 39.8 Å². The minimum atomic E-state index is -4.23. The number of amides is 4. The van der Waals surface area contributed by atoms with E-state index < -0.39 is 46.1 Å². The first kappa shape index (κ1) is 40.0. The van der Waals surface area contributed by atoms with Crippen LogP contribution in [0.5, 0.6) is 11.5 Å². The molecular weight excluding hydrogens is 710 g/mol. The number of hydrogen-bond donors (Lipinski definition) is 4. The van der Waals surface area contributed by atoms with Gasteiger partial charge in [-0.05, 0) is 48.8 Å². The molecule has 3 aliphatic heterocycles. The average molecular weight is 762 g/mol. The molecule has 4 N–H and O–H groups in total. The second kappa shape index (κ2) is 17.8. The lowest BCUT2D eigenvalue weighted by Crippen LogP contribution is -2.52. The van der Waals surface area contributed by atoms with Crippen molar-refractivity contribution in [3.05, 3.63) is 54.1 Å². The van der Waals surface area contributed by atoms with E-state index in [0.717, 1.165) is 5.56 Å². The molecule has 0 unspecified atom stereocenters. The lowest BCUT2D eigenvalue weighted by molar-refractivity contribution is -0.120. The number of alkyl carbamates (subject to hydrolysis) is 1. The fraction of sp³-hybridized carbons (Fsp3) is 0.583. The Morgan fingerprint density at radius 1 is 1.04 bits per heavy atom. The van der Waals surface area contributed by atoms with E-state index in [1.807, 2.05) is 44.2 Å². The van der Waals surface area contributed by atoms with E-state index in [-0.39, 0.29) is 62.2 Å². The van der Waals surface area contributed by atoms with Gasteiger partial charge in [-0.15, -0.1) is 0 Å². The fourth-order valence-electron chi connectivity index (χ4n) is 6.52. The van der Waals surface area contributed by atoms with Crippen molar-refractivity contribution in [2.24, 2.45) is 11.3 Å². The number of carbonyl (C=O) groups is 3. The molecule has 2 aromatic rings. The molecule has 16 nitrogen and oxygen atoms in total. The van der Waals surface area contributed by atoms with Gasteiger partial charge in [0.1, 0.15) is 6.10 Å². The van der Waals surface area contributed by atoms with Crippen molar-refractivity contribution >= 4 is 28.1 Å². The van der Waals surface area contributed by atoms with Crippen LogP contribution in [0.3, 0.4) is 0 Å². The number of fused-ring (bicyclic) bond motifs is 2. The molecule has 0 bridgehead atoms. The van der Waals surface area contributed by atoms with Crippen LogP contribution in [-0.2, 0) is 35.4 Å². The lowest BCUT2D eigenvalue weighted by Gasteiger charge is -2.35. The molecule has 17 heteroatoms. The quantitative estimate of drug-likeness (QED) is 0.173. The molecule has 3 heterocycles. The van der Waals surface area contributed by atoms with Crippen LogP contribution in [0.25, 0.3) is 0 Å². The second-order valence-electron chi connectivity index (χ2n) is 14.5. The first-order valence-corrected chi connectivity index (χ1v) is 19.2. The Balaban J connectivity index is 1.30. The van der Waals surface area contributed by atoms with Gasteiger partial charge in [-0.3, -0.25) is 4.79 Å². The minimum absolute atomic E-state index is 0.00133. The molecule has 2 fully saturated rings. The number of nitrogens with one attached hydrogen (secondary N) is 3. The van der Waals surface area contributed by atoms with E-state index in [1.165, 1.54) is 27.4 Å². The fourth-order valence-corrected chi connectivity index (χ4v) is 8.18. The van der Waals surface area contributed by atoms with Crippen molar-refractivity contribution in [2.45, 2.75) is 69.0 Å². The van der Waals surface area contributed by atoms with Crippen LogP contribution in [0.4, 0.5) is 9.59 Å². The van der Waals surface area contributed by atoms with Crippen LogP contribution in [0.1, 0.15) is 38.7 Å². The van der Waals surface area contributed by atoms with Gasteiger partial charge in [0.15, 0.2) is 17.8 Å². The molecule has 5 atom stereocenters. The Labute approximate surface area is 310 Å². The van der Waals surface area contributed by atoms with Gasteiger partial charge in [-0.2, -0.15) is 4.31 Å². The van der Waals surface area contributed by atoms with E-state index in [2.05, 4.69) is 16.0 Å². The Bertz CT molecular complexity index is 1680. The Morgan fingerprint density at radius 3 is 2.55 bits per heavy atom. The molecule has 0 aliphatic carbocycles. The zero-order valence-corrected chi connectivity index (χ0v) is 31.4. The summed E-state index contributed by atoms with van der Waals surface area (Å²) in [5.74, 6) is 0.286. The lowest BCUT2D eigenvalue weighted by atomic mass is 9.87. The molecular formula is C36H51N5O11S. The van der Waals surface area contributed by atoms with Gasteiger partial charge in [-0.25, -0.2) is 18.0 Å². The number of aliphatic hydroxyl groups excluding tert-OH is 1. The number of hydrogen-bond acceptors (Lipinski definition) is 11. The topological polar surface area (TPSA) is 194 Å². The van der Waals surface area contributed by atoms with E-state index in [4.69, 9.17) is 23.7 Å². The van der Waals surface area contributed by atoms with Crippen molar-refractivity contribution in [2.75, 3.05) is 60.3 Å². The van der Waals surface area contributed by atoms with Crippen LogP contribution in [-0.4, -0.2) is 126 Å². The molecule has 0 saturated carbocycles. The third-order valence-electron chi connectivity index (χ3n) is 9.45. The predicted octanol–water partition coefficient (Wildman–Crippen LogP) is 2.06. The number of urea groups is 1. The molecule has 292 valence electrons. The summed E-state index contributed by atoms with van der Waals surface area (Å²) in [4.78, 5) is 38.5. The summed E-state index contributed by atoms with van der Waals surface area (Å²) in [5.41, 5.74) is 0.190. The third kappa shape index (κ3) is 10.9. The van der Waals surface area contributed by atoms with Crippen molar-refractivity contribution in [1.82, 2.24) is 25.2 Å². The number of sulfonamides is 1. The van der Waals surface area contributed by atoms with Crippen LogP contribution in [0.2, 0.25) is 0 Å². The van der Waals surface area contributed by atoms with Crippen LogP contribution < -0.4 is 25.4 Å². The zero-order valence-electron chi connectivity index (χ0n) is 30.6. The number of carbonyl (C=O) groups excluding carboxylic acids is 3. The maximum absolute atomic E-state index is 14.4. The van der Waals surface area contributed by atoms with E-state index in [1.54, 1.807) is 14.1 Å². The minimum Gasteiger partial charge on any atom is -0.454 e. The highest BCUT2D eigenvalue weighted by atomic mass is 32.2. The first-order chi connectivity index (χ1) is 25.2. The molecule has 0 aromatic heterocycles. The van der Waals surface area contributed by atoms with Gasteiger partial charge in [-0.1, -0.05) is 44.2 Å². The summed E-state index contributed by atoms with van der Waals surface area (Å²) in [6, 6.07) is 12.3. The highest BCUT2D eigenvalue weighted by Gasteiger charge is 2.44. The second-order valence-corrected chi connectivity index (χ2v) is 16.4. The third-order valence-corrected chi connectivity index (χ3v) is 11.3. The van der Waals surface area contributed by atoms with Crippen LogP contribution in [0.15, 0.2) is 53.4 Å². The molecule has 2 aromatic carbocycles. The smallest absolute Gasteiger partial charge is 0.407 e. The summed E-state index contributed by atoms with van der Waals surface area (Å²) >= 11 is 0. The normalized spacial score (nSPS) is 20.4. The number of rotatable bonds is 17. The van der Waals surface area contributed by atoms with Gasteiger partial charge < -0.3 is 49.6 Å². The van der Waals surface area contributed by atoms with Gasteiger partial charge in [0.05, 0.1) is 42.7 Å². The highest BCUT2D eigenvalue weighted by molar-refractivity contribution is 7.89. The molecule has 3 aliphatic rings. The van der Waals surface area contributed by atoms with Crippen molar-refractivity contribution in [1.29, 1.82) is 0 Å². The van der Waals surface area contributed by atoms with Crippen LogP contribution >= 0.6 is 0 Å². The monoisotopic (exact) mass is 761 g/mol. The zero-order chi connectivity index (χ0) is 38.2. The molecule has 2 saturated heterocycles. The summed E-state index contributed by atoms with van der Waals surface area (Å²) in [7, 11) is -1.08. The number of benzene rings is 2. The largest absolute Gasteiger partial charge is 0.454 e. The maximum Gasteiger partial charge on any atom is 0.407 e. The summed E-state index contributed by atoms with van der Waals surface area (Å²) < 4.78 is 57.7. The number of aliphatic hydroxyl groups is 1. The van der Waals surface area contributed by atoms with Crippen molar-refractivity contribution < 1.29 is 51.6 Å². The number of nitrogens with zero attached hydrogens (tertiary/aromatic N) is 2. The molecule has 0 spiro atoms. The molecule has 5 rings (SSSR count). The van der Waals surface area contributed by atoms with Crippen LogP contribution in [0, 0.1) is 11.3 Å². The summed E-state index contributed by atoms with van der Waals surface area (Å²) in [5, 5.41) is 19.9. The van der Waals surface area contributed by atoms with E-state index >= 15 is 0 Å². The average Bonchev–Trinajstić information content (AvgIpc) is 3.87. The Hall–Kier alpha value is -4.16. The van der Waals surface area contributed by atoms with E-state index in [9.17, 15) is 27.9 Å². The van der Waals surface area contributed by atoms with Gasteiger partial charge >= 0.3 is 12.1 Å². The summed E-state index contributed by atoms with van der Waals surface area (Å²) in [6.07, 6.45) is -1.12. The Kier molecular flexibility index (Phi) is 13.4. The van der Waals surface area contributed by atoms with Gasteiger partial charge in [0.2, 0.25) is 22.7 Å². The van der Waals surface area contributed by atoms with E-state index in [0.29, 0.717) is 43.9 Å². The van der Waals surface area contributed by atoms with Crippen molar-refractivity contribution in [3.8, 4) is 11.5 Å². The number of ether oxygens (including phenoxy) is 5.